The van der Waals surface area contributed by atoms with Crippen LogP contribution in [0.4, 0.5) is 5.69 Å². The van der Waals surface area contributed by atoms with Crippen LogP contribution < -0.4 is 10.1 Å². The van der Waals surface area contributed by atoms with Gasteiger partial charge in [0.2, 0.25) is 0 Å². The van der Waals surface area contributed by atoms with Crippen molar-refractivity contribution in [1.29, 1.82) is 0 Å². The minimum Gasteiger partial charge on any atom is -0.485 e. The molecule has 168 valence electrons. The van der Waals surface area contributed by atoms with E-state index in [-0.39, 0.29) is 5.91 Å². The van der Waals surface area contributed by atoms with E-state index < -0.39 is 6.10 Å². The maximum atomic E-state index is 13.1. The number of H-pyrrole nitrogens is 1. The topological polar surface area (TPSA) is 92.8 Å². The van der Waals surface area contributed by atoms with Crippen molar-refractivity contribution >= 4 is 34.1 Å². The fraction of sp³-hybridized carbons (Fsp3) is 0.0769. The average molecular weight is 470 g/mol. The number of anilines is 1. The molecule has 8 heteroatoms. The zero-order valence-corrected chi connectivity index (χ0v) is 19.0. The van der Waals surface area contributed by atoms with Crippen molar-refractivity contribution in [3.8, 4) is 17.0 Å². The van der Waals surface area contributed by atoms with Gasteiger partial charge in [-0.15, -0.1) is 0 Å². The second-order valence-electron chi connectivity index (χ2n) is 7.67. The van der Waals surface area contributed by atoms with E-state index in [1.165, 1.54) is 0 Å². The summed E-state index contributed by atoms with van der Waals surface area (Å²) in [5.41, 5.74) is 4.00. The summed E-state index contributed by atoms with van der Waals surface area (Å²) in [7, 11) is 0. The number of nitrogens with zero attached hydrogens (tertiary/aromatic N) is 3. The molecule has 0 radical (unpaired) electrons. The van der Waals surface area contributed by atoms with Gasteiger partial charge in [-0.05, 0) is 43.3 Å². The summed E-state index contributed by atoms with van der Waals surface area (Å²) in [4.78, 5) is 21.7. The summed E-state index contributed by atoms with van der Waals surface area (Å²) >= 11 is 6.41. The van der Waals surface area contributed by atoms with Crippen LogP contribution in [0.2, 0.25) is 5.15 Å². The number of hydrogen-bond donors (Lipinski definition) is 2. The molecule has 0 aliphatic heterocycles. The standard InChI is InChI=1S/C26H20ClN5O2/c1-16(23-24(31-32-25(23)27)18-8-6-12-28-14-18)34-22-11-5-3-9-20(22)26(33)30-19-13-17-7-2-4-10-21(17)29-15-19/h2-16H,1H3,(H,30,33)(H,31,32). The van der Waals surface area contributed by atoms with Gasteiger partial charge in [0.25, 0.3) is 5.91 Å². The average Bonchev–Trinajstić information content (AvgIpc) is 3.26. The molecule has 0 bridgehead atoms. The number of nitrogens with one attached hydrogen (secondary N) is 2. The Morgan fingerprint density at radius 2 is 1.88 bits per heavy atom. The van der Waals surface area contributed by atoms with Crippen molar-refractivity contribution in [2.45, 2.75) is 13.0 Å². The highest BCUT2D eigenvalue weighted by Gasteiger charge is 2.23. The number of aromatic amines is 1. The molecule has 1 atom stereocenters. The van der Waals surface area contributed by atoms with Gasteiger partial charge >= 0.3 is 0 Å². The van der Waals surface area contributed by atoms with Gasteiger partial charge in [-0.1, -0.05) is 41.9 Å². The number of para-hydroxylation sites is 2. The molecule has 5 aromatic rings. The molecule has 5 rings (SSSR count). The SMILES string of the molecule is CC(Oc1ccccc1C(=O)Nc1cnc2ccccc2c1)c1c(-c2cccnc2)n[nH]c1Cl. The lowest BCUT2D eigenvalue weighted by Crippen LogP contribution is -2.15. The summed E-state index contributed by atoms with van der Waals surface area (Å²) in [5.74, 6) is 0.126. The number of fused-ring (bicyclic) bond motifs is 1. The van der Waals surface area contributed by atoms with Crippen LogP contribution in [0.15, 0.2) is 85.3 Å². The molecule has 0 spiro atoms. The van der Waals surface area contributed by atoms with Gasteiger partial charge in [0.15, 0.2) is 0 Å². The van der Waals surface area contributed by atoms with E-state index in [1.807, 2.05) is 55.5 Å². The molecule has 2 N–H and O–H groups in total. The smallest absolute Gasteiger partial charge is 0.259 e. The number of carbonyl (C=O) groups is 1. The van der Waals surface area contributed by atoms with Crippen LogP contribution in [0.1, 0.15) is 28.9 Å². The van der Waals surface area contributed by atoms with Gasteiger partial charge in [0.1, 0.15) is 22.7 Å². The molecular weight excluding hydrogens is 450 g/mol. The molecule has 3 heterocycles. The molecule has 0 fully saturated rings. The summed E-state index contributed by atoms with van der Waals surface area (Å²) in [5, 5.41) is 11.4. The van der Waals surface area contributed by atoms with Gasteiger partial charge in [-0.2, -0.15) is 5.10 Å². The van der Waals surface area contributed by atoms with Crippen LogP contribution >= 0.6 is 11.6 Å². The van der Waals surface area contributed by atoms with Crippen LogP contribution in [-0.2, 0) is 0 Å². The fourth-order valence-electron chi connectivity index (χ4n) is 3.77. The third kappa shape index (κ3) is 4.33. The summed E-state index contributed by atoms with van der Waals surface area (Å²) in [6, 6.07) is 20.4. The first kappa shape index (κ1) is 21.6. The maximum Gasteiger partial charge on any atom is 0.259 e. The maximum absolute atomic E-state index is 13.1. The molecule has 34 heavy (non-hydrogen) atoms. The van der Waals surface area contributed by atoms with Crippen LogP contribution in [0.3, 0.4) is 0 Å². The van der Waals surface area contributed by atoms with Gasteiger partial charge < -0.3 is 10.1 Å². The number of aromatic nitrogens is 4. The molecule has 0 saturated carbocycles. The summed E-state index contributed by atoms with van der Waals surface area (Å²) in [6.07, 6.45) is 4.55. The van der Waals surface area contributed by atoms with Gasteiger partial charge in [0.05, 0.1) is 28.5 Å². The van der Waals surface area contributed by atoms with Gasteiger partial charge in [-0.25, -0.2) is 0 Å². The molecule has 2 aromatic carbocycles. The Balaban J connectivity index is 1.40. The molecule has 0 aliphatic rings. The number of hydrogen-bond acceptors (Lipinski definition) is 5. The Hall–Kier alpha value is -4.23. The third-order valence-corrected chi connectivity index (χ3v) is 5.67. The molecule has 0 saturated heterocycles. The highest BCUT2D eigenvalue weighted by Crippen LogP contribution is 2.35. The van der Waals surface area contributed by atoms with E-state index in [4.69, 9.17) is 16.3 Å². The molecule has 7 nitrogen and oxygen atoms in total. The zero-order valence-electron chi connectivity index (χ0n) is 18.2. The van der Waals surface area contributed by atoms with Gasteiger partial charge in [-0.3, -0.25) is 19.9 Å². The largest absolute Gasteiger partial charge is 0.485 e. The van der Waals surface area contributed by atoms with E-state index >= 15 is 0 Å². The monoisotopic (exact) mass is 469 g/mol. The predicted molar refractivity (Wildman–Crippen MR) is 132 cm³/mol. The minimum absolute atomic E-state index is 0.300. The number of ether oxygens (including phenoxy) is 1. The molecule has 1 unspecified atom stereocenters. The van der Waals surface area contributed by atoms with E-state index in [1.54, 1.807) is 36.8 Å². The lowest BCUT2D eigenvalue weighted by atomic mass is 10.1. The highest BCUT2D eigenvalue weighted by atomic mass is 35.5. The number of amides is 1. The zero-order chi connectivity index (χ0) is 23.5. The second kappa shape index (κ2) is 9.33. The van der Waals surface area contributed by atoms with E-state index in [0.29, 0.717) is 33.4 Å². The van der Waals surface area contributed by atoms with Crippen molar-refractivity contribution in [2.24, 2.45) is 0 Å². The van der Waals surface area contributed by atoms with Crippen LogP contribution in [0.25, 0.3) is 22.2 Å². The summed E-state index contributed by atoms with van der Waals surface area (Å²) < 4.78 is 6.22. The number of rotatable bonds is 6. The normalized spacial score (nSPS) is 11.8. The Labute approximate surface area is 200 Å². The van der Waals surface area contributed by atoms with Crippen molar-refractivity contribution in [3.63, 3.8) is 0 Å². The first-order valence-corrected chi connectivity index (χ1v) is 11.0. The Morgan fingerprint density at radius 1 is 1.06 bits per heavy atom. The number of benzene rings is 2. The fourth-order valence-corrected chi connectivity index (χ4v) is 4.05. The van der Waals surface area contributed by atoms with Crippen molar-refractivity contribution in [1.82, 2.24) is 20.2 Å². The Kier molecular flexibility index (Phi) is 5.93. The Bertz CT molecular complexity index is 1470. The van der Waals surface area contributed by atoms with Gasteiger partial charge in [0, 0.05) is 23.3 Å². The first-order valence-electron chi connectivity index (χ1n) is 10.7. The summed E-state index contributed by atoms with van der Waals surface area (Å²) in [6.45, 7) is 1.86. The quantitative estimate of drug-likeness (QED) is 0.315. The highest BCUT2D eigenvalue weighted by molar-refractivity contribution is 6.30. The second-order valence-corrected chi connectivity index (χ2v) is 8.05. The van der Waals surface area contributed by atoms with Crippen molar-refractivity contribution in [3.05, 3.63) is 102 Å². The van der Waals surface area contributed by atoms with Crippen molar-refractivity contribution in [2.75, 3.05) is 5.32 Å². The molecule has 0 aliphatic carbocycles. The van der Waals surface area contributed by atoms with Crippen LogP contribution in [0, 0.1) is 0 Å². The number of halogens is 1. The minimum atomic E-state index is -0.488. The third-order valence-electron chi connectivity index (χ3n) is 5.38. The van der Waals surface area contributed by atoms with Crippen molar-refractivity contribution < 1.29 is 9.53 Å². The predicted octanol–water partition coefficient (Wildman–Crippen LogP) is 6.07. The van der Waals surface area contributed by atoms with E-state index in [2.05, 4.69) is 25.5 Å². The molecule has 1 amide bonds. The molecule has 3 aromatic heterocycles. The van der Waals surface area contributed by atoms with Crippen LogP contribution in [0.5, 0.6) is 5.75 Å². The lowest BCUT2D eigenvalue weighted by Gasteiger charge is -2.18. The number of carbonyl (C=O) groups excluding carboxylic acids is 1. The first-order chi connectivity index (χ1) is 16.6. The van der Waals surface area contributed by atoms with Crippen LogP contribution in [-0.4, -0.2) is 26.1 Å². The van der Waals surface area contributed by atoms with E-state index in [9.17, 15) is 4.79 Å². The molecular formula is C26H20ClN5O2. The van der Waals surface area contributed by atoms with E-state index in [0.717, 1.165) is 16.5 Å². The lowest BCUT2D eigenvalue weighted by molar-refractivity contribution is 0.102. The number of pyridine rings is 2. The Morgan fingerprint density at radius 3 is 2.74 bits per heavy atom.